The maximum atomic E-state index is 11.8. The van der Waals surface area contributed by atoms with Gasteiger partial charge in [0.25, 0.3) is 0 Å². The highest BCUT2D eigenvalue weighted by Gasteiger charge is 2.29. The van der Waals surface area contributed by atoms with Crippen molar-refractivity contribution >= 4 is 6.09 Å². The van der Waals surface area contributed by atoms with Gasteiger partial charge in [-0.25, -0.2) is 4.79 Å². The molecule has 0 saturated heterocycles. The van der Waals surface area contributed by atoms with Crippen LogP contribution in [0.5, 0.6) is 0 Å². The summed E-state index contributed by atoms with van der Waals surface area (Å²) in [6.45, 7) is 8.45. The number of aromatic nitrogens is 2. The topological polar surface area (TPSA) is 68.2 Å². The summed E-state index contributed by atoms with van der Waals surface area (Å²) in [5, 5.41) is 10.8. The molecule has 0 aromatic carbocycles. The minimum absolute atomic E-state index is 0.260. The number of rotatable bonds is 5. The standard InChI is InChI=1S/C17H30N4O2/c1-12(14-10-19-21(5)11-14)20-15-8-6-7-13(15)9-18-16(22)23-17(2,3)4/h10-13,15,20H,6-9H2,1-5H3,(H,18,22). The van der Waals surface area contributed by atoms with Gasteiger partial charge in [0.15, 0.2) is 0 Å². The third-order valence-electron chi connectivity index (χ3n) is 4.26. The van der Waals surface area contributed by atoms with E-state index in [1.54, 1.807) is 0 Å². The molecule has 6 heteroatoms. The average molecular weight is 322 g/mol. The number of hydrogen-bond acceptors (Lipinski definition) is 4. The number of ether oxygens (including phenoxy) is 1. The Balaban J connectivity index is 1.82. The molecule has 1 aliphatic rings. The molecule has 0 aliphatic heterocycles. The van der Waals surface area contributed by atoms with Gasteiger partial charge in [0.1, 0.15) is 5.60 Å². The van der Waals surface area contributed by atoms with Crippen LogP contribution >= 0.6 is 0 Å². The molecule has 1 aromatic heterocycles. The van der Waals surface area contributed by atoms with E-state index in [-0.39, 0.29) is 12.1 Å². The van der Waals surface area contributed by atoms with Crippen molar-refractivity contribution in [2.24, 2.45) is 13.0 Å². The predicted octanol–water partition coefficient (Wildman–Crippen LogP) is 2.76. The summed E-state index contributed by atoms with van der Waals surface area (Å²) < 4.78 is 7.13. The SMILES string of the molecule is CC(NC1CCCC1CNC(=O)OC(C)(C)C)c1cnn(C)c1. The van der Waals surface area contributed by atoms with Crippen LogP contribution < -0.4 is 10.6 Å². The third kappa shape index (κ3) is 5.53. The molecule has 0 bridgehead atoms. The summed E-state index contributed by atoms with van der Waals surface area (Å²) in [5.41, 5.74) is 0.741. The van der Waals surface area contributed by atoms with Crippen LogP contribution in [0, 0.1) is 5.92 Å². The Kier molecular flexibility index (Phi) is 5.68. The highest BCUT2D eigenvalue weighted by Crippen LogP contribution is 2.27. The molecule has 6 nitrogen and oxygen atoms in total. The fraction of sp³-hybridized carbons (Fsp3) is 0.765. The molecule has 1 fully saturated rings. The van der Waals surface area contributed by atoms with Crippen molar-refractivity contribution in [3.05, 3.63) is 18.0 Å². The lowest BCUT2D eigenvalue weighted by Gasteiger charge is -2.26. The van der Waals surface area contributed by atoms with Crippen molar-refractivity contribution in [3.8, 4) is 0 Å². The molecule has 23 heavy (non-hydrogen) atoms. The number of carbonyl (C=O) groups is 1. The fourth-order valence-electron chi connectivity index (χ4n) is 3.11. The molecule has 3 unspecified atom stereocenters. The molecule has 2 N–H and O–H groups in total. The third-order valence-corrected chi connectivity index (χ3v) is 4.26. The molecular formula is C17H30N4O2. The summed E-state index contributed by atoms with van der Waals surface area (Å²) >= 11 is 0. The maximum Gasteiger partial charge on any atom is 0.407 e. The second-order valence-electron chi connectivity index (χ2n) is 7.52. The van der Waals surface area contributed by atoms with Crippen molar-refractivity contribution in [2.75, 3.05) is 6.54 Å². The van der Waals surface area contributed by atoms with E-state index >= 15 is 0 Å². The van der Waals surface area contributed by atoms with E-state index < -0.39 is 5.60 Å². The van der Waals surface area contributed by atoms with Gasteiger partial charge in [-0.3, -0.25) is 4.68 Å². The lowest BCUT2D eigenvalue weighted by molar-refractivity contribution is 0.0517. The zero-order valence-electron chi connectivity index (χ0n) is 14.9. The Labute approximate surface area is 139 Å². The first-order valence-corrected chi connectivity index (χ1v) is 8.46. The molecule has 130 valence electrons. The normalized spacial score (nSPS) is 22.8. The molecule has 2 rings (SSSR count). The smallest absolute Gasteiger partial charge is 0.407 e. The van der Waals surface area contributed by atoms with Gasteiger partial charge >= 0.3 is 6.09 Å². The minimum atomic E-state index is -0.452. The summed E-state index contributed by atoms with van der Waals surface area (Å²) in [5.74, 6) is 0.446. The van der Waals surface area contributed by atoms with Gasteiger partial charge in [0, 0.05) is 37.4 Å². The van der Waals surface area contributed by atoms with Gasteiger partial charge < -0.3 is 15.4 Å². The van der Waals surface area contributed by atoms with Crippen LogP contribution in [0.2, 0.25) is 0 Å². The van der Waals surface area contributed by atoms with E-state index in [4.69, 9.17) is 4.74 Å². The first kappa shape index (κ1) is 17.8. The van der Waals surface area contributed by atoms with Crippen molar-refractivity contribution in [1.29, 1.82) is 0 Å². The number of carbonyl (C=O) groups excluding carboxylic acids is 1. The summed E-state index contributed by atoms with van der Waals surface area (Å²) in [7, 11) is 1.93. The summed E-state index contributed by atoms with van der Waals surface area (Å²) in [4.78, 5) is 11.8. The lowest BCUT2D eigenvalue weighted by Crippen LogP contribution is -2.41. The van der Waals surface area contributed by atoms with E-state index in [2.05, 4.69) is 22.7 Å². The molecule has 1 saturated carbocycles. The van der Waals surface area contributed by atoms with Crippen LogP contribution in [-0.4, -0.2) is 34.1 Å². The minimum Gasteiger partial charge on any atom is -0.444 e. The molecule has 3 atom stereocenters. The van der Waals surface area contributed by atoms with Gasteiger partial charge in [0.2, 0.25) is 0 Å². The lowest BCUT2D eigenvalue weighted by atomic mass is 10.0. The second kappa shape index (κ2) is 7.34. The van der Waals surface area contributed by atoms with Gasteiger partial charge in [-0.2, -0.15) is 5.10 Å². The van der Waals surface area contributed by atoms with E-state index in [1.807, 2.05) is 44.9 Å². The molecule has 1 aliphatic carbocycles. The molecule has 1 amide bonds. The molecule has 0 radical (unpaired) electrons. The Morgan fingerprint density at radius 2 is 2.22 bits per heavy atom. The number of nitrogens with one attached hydrogen (secondary N) is 2. The fourth-order valence-corrected chi connectivity index (χ4v) is 3.11. The Morgan fingerprint density at radius 1 is 1.48 bits per heavy atom. The van der Waals surface area contributed by atoms with Crippen LogP contribution in [0.4, 0.5) is 4.79 Å². The Hall–Kier alpha value is -1.56. The van der Waals surface area contributed by atoms with E-state index in [0.717, 1.165) is 12.8 Å². The predicted molar refractivity (Wildman–Crippen MR) is 90.1 cm³/mol. The van der Waals surface area contributed by atoms with Crippen molar-refractivity contribution in [3.63, 3.8) is 0 Å². The molecule has 0 spiro atoms. The van der Waals surface area contributed by atoms with Gasteiger partial charge in [-0.15, -0.1) is 0 Å². The average Bonchev–Trinajstić information content (AvgIpc) is 3.03. The van der Waals surface area contributed by atoms with Crippen molar-refractivity contribution in [2.45, 2.75) is 64.6 Å². The Morgan fingerprint density at radius 3 is 2.83 bits per heavy atom. The number of nitrogens with zero attached hydrogens (tertiary/aromatic N) is 2. The van der Waals surface area contributed by atoms with Crippen LogP contribution in [0.25, 0.3) is 0 Å². The highest BCUT2D eigenvalue weighted by atomic mass is 16.6. The quantitative estimate of drug-likeness (QED) is 0.874. The second-order valence-corrected chi connectivity index (χ2v) is 7.52. The van der Waals surface area contributed by atoms with Gasteiger partial charge in [-0.1, -0.05) is 6.42 Å². The Bertz CT molecular complexity index is 521. The van der Waals surface area contributed by atoms with Gasteiger partial charge in [-0.05, 0) is 46.5 Å². The number of amides is 1. The molecule has 1 aromatic rings. The van der Waals surface area contributed by atoms with Crippen LogP contribution in [0.15, 0.2) is 12.4 Å². The zero-order valence-corrected chi connectivity index (χ0v) is 14.9. The number of aryl methyl sites for hydroxylation is 1. The van der Waals surface area contributed by atoms with E-state index in [0.29, 0.717) is 18.5 Å². The van der Waals surface area contributed by atoms with E-state index in [9.17, 15) is 4.79 Å². The van der Waals surface area contributed by atoms with Gasteiger partial charge in [0.05, 0.1) is 6.20 Å². The molecular weight excluding hydrogens is 292 g/mol. The monoisotopic (exact) mass is 322 g/mol. The van der Waals surface area contributed by atoms with Crippen molar-refractivity contribution in [1.82, 2.24) is 20.4 Å². The zero-order chi connectivity index (χ0) is 17.0. The van der Waals surface area contributed by atoms with Crippen LogP contribution in [0.3, 0.4) is 0 Å². The number of hydrogen-bond donors (Lipinski definition) is 2. The maximum absolute atomic E-state index is 11.8. The molecule has 1 heterocycles. The van der Waals surface area contributed by atoms with Crippen LogP contribution in [0.1, 0.15) is 58.6 Å². The van der Waals surface area contributed by atoms with Crippen molar-refractivity contribution < 1.29 is 9.53 Å². The van der Waals surface area contributed by atoms with Crippen LogP contribution in [-0.2, 0) is 11.8 Å². The summed E-state index contributed by atoms with van der Waals surface area (Å²) in [6.07, 6.45) is 7.08. The summed E-state index contributed by atoms with van der Waals surface area (Å²) in [6, 6.07) is 0.677. The largest absolute Gasteiger partial charge is 0.444 e. The first-order valence-electron chi connectivity index (χ1n) is 8.46. The van der Waals surface area contributed by atoms with E-state index in [1.165, 1.54) is 12.0 Å². The first-order chi connectivity index (χ1) is 10.7. The highest BCUT2D eigenvalue weighted by molar-refractivity contribution is 5.67. The number of alkyl carbamates (subject to hydrolysis) is 1.